The fourth-order valence-corrected chi connectivity index (χ4v) is 5.70. The van der Waals surface area contributed by atoms with E-state index < -0.39 is 0 Å². The maximum Gasteiger partial charge on any atom is 0.230 e. The summed E-state index contributed by atoms with van der Waals surface area (Å²) in [7, 11) is 0. The molecule has 0 amide bonds. The minimum absolute atomic E-state index is 0.0280. The SMILES string of the molecule is Cc1nc2sc(C(c3ccc(C(C)C)cc3)N3CC(C)CC(C)C3)c(O)n2n1. The van der Waals surface area contributed by atoms with E-state index in [9.17, 15) is 5.11 Å². The highest BCUT2D eigenvalue weighted by molar-refractivity contribution is 7.17. The van der Waals surface area contributed by atoms with Crippen molar-refractivity contribution in [2.24, 2.45) is 11.8 Å². The van der Waals surface area contributed by atoms with Crippen LogP contribution in [0.1, 0.15) is 67.9 Å². The number of fused-ring (bicyclic) bond motifs is 1. The number of aromatic hydroxyl groups is 1. The standard InChI is InChI=1S/C22H30N4OS/c1-13(2)17-6-8-18(9-7-17)19(25-11-14(3)10-15(4)12-25)20-21(27)26-22(28-20)23-16(5)24-26/h6-9,13-15,19,27H,10-12H2,1-5H3. The molecule has 3 heterocycles. The molecule has 150 valence electrons. The molecule has 4 rings (SSSR count). The molecule has 3 atom stereocenters. The van der Waals surface area contributed by atoms with Crippen LogP contribution in [0.25, 0.3) is 4.96 Å². The van der Waals surface area contributed by atoms with Gasteiger partial charge in [0, 0.05) is 13.1 Å². The van der Waals surface area contributed by atoms with Crippen LogP contribution in [-0.2, 0) is 0 Å². The lowest BCUT2D eigenvalue weighted by Gasteiger charge is -2.40. The molecule has 0 aliphatic carbocycles. The van der Waals surface area contributed by atoms with Gasteiger partial charge in [0.1, 0.15) is 5.82 Å². The Bertz CT molecular complexity index is 949. The predicted octanol–water partition coefficient (Wildman–Crippen LogP) is 5.00. The third-order valence-electron chi connectivity index (χ3n) is 5.74. The van der Waals surface area contributed by atoms with Gasteiger partial charge in [-0.3, -0.25) is 4.90 Å². The van der Waals surface area contributed by atoms with Gasteiger partial charge in [-0.2, -0.15) is 4.52 Å². The van der Waals surface area contributed by atoms with Crippen LogP contribution >= 0.6 is 11.3 Å². The van der Waals surface area contributed by atoms with Gasteiger partial charge >= 0.3 is 0 Å². The van der Waals surface area contributed by atoms with E-state index in [1.54, 1.807) is 15.9 Å². The normalized spacial score (nSPS) is 22.2. The molecule has 1 fully saturated rings. The van der Waals surface area contributed by atoms with E-state index in [0.29, 0.717) is 23.6 Å². The molecular formula is C22H30N4OS. The summed E-state index contributed by atoms with van der Waals surface area (Å²) >= 11 is 1.55. The van der Waals surface area contributed by atoms with Gasteiger partial charge in [0.15, 0.2) is 0 Å². The number of piperidine rings is 1. The molecule has 0 radical (unpaired) electrons. The number of aromatic nitrogens is 3. The second-order valence-corrected chi connectivity index (χ2v) is 9.78. The first-order chi connectivity index (χ1) is 13.3. The summed E-state index contributed by atoms with van der Waals surface area (Å²) in [6, 6.07) is 8.93. The first-order valence-electron chi connectivity index (χ1n) is 10.2. The van der Waals surface area contributed by atoms with Crippen LogP contribution in [0, 0.1) is 18.8 Å². The molecular weight excluding hydrogens is 368 g/mol. The number of rotatable bonds is 4. The monoisotopic (exact) mass is 398 g/mol. The Morgan fingerprint density at radius 2 is 1.68 bits per heavy atom. The predicted molar refractivity (Wildman–Crippen MR) is 114 cm³/mol. The van der Waals surface area contributed by atoms with Gasteiger partial charge in [-0.1, -0.05) is 63.3 Å². The molecule has 1 aliphatic heterocycles. The molecule has 1 aromatic carbocycles. The Morgan fingerprint density at radius 3 is 2.25 bits per heavy atom. The summed E-state index contributed by atoms with van der Waals surface area (Å²) in [5.74, 6) is 2.71. The van der Waals surface area contributed by atoms with Crippen molar-refractivity contribution >= 4 is 16.3 Å². The summed E-state index contributed by atoms with van der Waals surface area (Å²) in [4.78, 5) is 8.70. The van der Waals surface area contributed by atoms with E-state index in [2.05, 4.69) is 66.9 Å². The molecule has 0 spiro atoms. The van der Waals surface area contributed by atoms with Crippen molar-refractivity contribution < 1.29 is 5.11 Å². The zero-order chi connectivity index (χ0) is 20.0. The highest BCUT2D eigenvalue weighted by Crippen LogP contribution is 2.42. The zero-order valence-electron chi connectivity index (χ0n) is 17.4. The maximum absolute atomic E-state index is 11.0. The molecule has 0 saturated carbocycles. The Morgan fingerprint density at radius 1 is 1.07 bits per heavy atom. The van der Waals surface area contributed by atoms with Crippen LogP contribution in [0.2, 0.25) is 0 Å². The van der Waals surface area contributed by atoms with Crippen LogP contribution in [-0.4, -0.2) is 37.7 Å². The van der Waals surface area contributed by atoms with Crippen molar-refractivity contribution in [3.63, 3.8) is 0 Å². The molecule has 6 heteroatoms. The fourth-order valence-electron chi connectivity index (χ4n) is 4.54. The van der Waals surface area contributed by atoms with E-state index >= 15 is 0 Å². The topological polar surface area (TPSA) is 53.7 Å². The second-order valence-electron chi connectivity index (χ2n) is 8.77. The van der Waals surface area contributed by atoms with Crippen molar-refractivity contribution in [1.29, 1.82) is 0 Å². The first-order valence-corrected chi connectivity index (χ1v) is 11.0. The van der Waals surface area contributed by atoms with Crippen LogP contribution in [0.3, 0.4) is 0 Å². The van der Waals surface area contributed by atoms with E-state index in [4.69, 9.17) is 0 Å². The van der Waals surface area contributed by atoms with Crippen molar-refractivity contribution in [1.82, 2.24) is 19.5 Å². The number of benzene rings is 1. The number of aryl methyl sites for hydroxylation is 1. The highest BCUT2D eigenvalue weighted by Gasteiger charge is 2.33. The van der Waals surface area contributed by atoms with E-state index in [1.807, 2.05) is 6.92 Å². The molecule has 3 unspecified atom stereocenters. The summed E-state index contributed by atoms with van der Waals surface area (Å²) in [6.45, 7) is 13.0. The Hall–Kier alpha value is -1.92. The van der Waals surface area contributed by atoms with Crippen LogP contribution in [0.15, 0.2) is 24.3 Å². The highest BCUT2D eigenvalue weighted by atomic mass is 32.1. The minimum atomic E-state index is 0.0280. The van der Waals surface area contributed by atoms with Gasteiger partial charge in [-0.15, -0.1) is 5.10 Å². The van der Waals surface area contributed by atoms with Gasteiger partial charge in [-0.25, -0.2) is 4.98 Å². The fraction of sp³-hybridized carbons (Fsp3) is 0.545. The van der Waals surface area contributed by atoms with E-state index in [-0.39, 0.29) is 11.9 Å². The average Bonchev–Trinajstić information content (AvgIpc) is 3.13. The Balaban J connectivity index is 1.80. The van der Waals surface area contributed by atoms with Crippen LogP contribution in [0.5, 0.6) is 5.88 Å². The summed E-state index contributed by atoms with van der Waals surface area (Å²) in [5, 5.41) is 15.4. The van der Waals surface area contributed by atoms with E-state index in [0.717, 1.165) is 22.9 Å². The number of thiazole rings is 1. The van der Waals surface area contributed by atoms with Crippen LogP contribution < -0.4 is 0 Å². The maximum atomic E-state index is 11.0. The number of hydrogen-bond donors (Lipinski definition) is 1. The Labute approximate surface area is 171 Å². The van der Waals surface area contributed by atoms with Gasteiger partial charge in [0.25, 0.3) is 0 Å². The summed E-state index contributed by atoms with van der Waals surface area (Å²) < 4.78 is 1.58. The molecule has 0 bridgehead atoms. The third kappa shape index (κ3) is 3.55. The van der Waals surface area contributed by atoms with Gasteiger partial charge in [0.05, 0.1) is 10.9 Å². The van der Waals surface area contributed by atoms with Gasteiger partial charge in [0.2, 0.25) is 10.8 Å². The average molecular weight is 399 g/mol. The largest absolute Gasteiger partial charge is 0.492 e. The number of hydrogen-bond acceptors (Lipinski definition) is 5. The molecule has 5 nitrogen and oxygen atoms in total. The van der Waals surface area contributed by atoms with Crippen molar-refractivity contribution in [2.45, 2.75) is 53.0 Å². The minimum Gasteiger partial charge on any atom is -0.492 e. The smallest absolute Gasteiger partial charge is 0.230 e. The molecule has 2 aromatic heterocycles. The second kappa shape index (κ2) is 7.48. The molecule has 28 heavy (non-hydrogen) atoms. The van der Waals surface area contributed by atoms with Crippen molar-refractivity contribution in [3.8, 4) is 5.88 Å². The molecule has 3 aromatic rings. The first kappa shape index (κ1) is 19.4. The summed E-state index contributed by atoms with van der Waals surface area (Å²) in [5.41, 5.74) is 2.56. The lowest BCUT2D eigenvalue weighted by atomic mass is 9.89. The lowest BCUT2D eigenvalue weighted by Crippen LogP contribution is -2.41. The van der Waals surface area contributed by atoms with Crippen molar-refractivity contribution in [3.05, 3.63) is 46.1 Å². The molecule has 1 aliphatic rings. The summed E-state index contributed by atoms with van der Waals surface area (Å²) in [6.07, 6.45) is 1.26. The molecule has 1 N–H and O–H groups in total. The third-order valence-corrected chi connectivity index (χ3v) is 6.81. The van der Waals surface area contributed by atoms with Gasteiger partial charge < -0.3 is 5.11 Å². The lowest BCUT2D eigenvalue weighted by molar-refractivity contribution is 0.112. The number of nitrogens with zero attached hydrogens (tertiary/aromatic N) is 4. The quantitative estimate of drug-likeness (QED) is 0.672. The Kier molecular flexibility index (Phi) is 5.19. The number of likely N-dealkylation sites (tertiary alicyclic amines) is 1. The van der Waals surface area contributed by atoms with Gasteiger partial charge in [-0.05, 0) is 42.2 Å². The zero-order valence-corrected chi connectivity index (χ0v) is 18.2. The van der Waals surface area contributed by atoms with Crippen LogP contribution in [0.4, 0.5) is 0 Å². The molecule has 1 saturated heterocycles. The van der Waals surface area contributed by atoms with Crippen molar-refractivity contribution in [2.75, 3.05) is 13.1 Å². The van der Waals surface area contributed by atoms with E-state index in [1.165, 1.54) is 17.5 Å².